The minimum atomic E-state index is -0.287. The Morgan fingerprint density at radius 3 is 2.62 bits per heavy atom. The molecule has 1 aromatic heterocycles. The van der Waals surface area contributed by atoms with Crippen molar-refractivity contribution in [1.82, 2.24) is 9.97 Å². The number of benzene rings is 3. The van der Waals surface area contributed by atoms with Crippen LogP contribution < -0.4 is 19.5 Å². The third-order valence-corrected chi connectivity index (χ3v) is 4.98. The number of imidazole rings is 1. The topological polar surface area (TPSA) is 109 Å². The van der Waals surface area contributed by atoms with Gasteiger partial charge in [0.1, 0.15) is 17.6 Å². The molecule has 2 N–H and O–H groups in total. The normalized spacial score (nSPS) is 11.0. The number of rotatable bonds is 8. The molecule has 3 aromatic carbocycles. The van der Waals surface area contributed by atoms with Crippen molar-refractivity contribution in [3.63, 3.8) is 0 Å². The van der Waals surface area contributed by atoms with E-state index in [1.165, 1.54) is 7.11 Å². The van der Waals surface area contributed by atoms with Gasteiger partial charge in [-0.15, -0.1) is 0 Å². The van der Waals surface area contributed by atoms with E-state index >= 15 is 0 Å². The first-order chi connectivity index (χ1) is 16.6. The lowest BCUT2D eigenvalue weighted by Crippen LogP contribution is -2.20. The van der Waals surface area contributed by atoms with Gasteiger partial charge in [-0.2, -0.15) is 5.26 Å². The Bertz CT molecular complexity index is 1390. The first-order valence-corrected chi connectivity index (χ1v) is 10.4. The van der Waals surface area contributed by atoms with Gasteiger partial charge in [0, 0.05) is 11.8 Å². The van der Waals surface area contributed by atoms with Crippen LogP contribution in [0.1, 0.15) is 11.4 Å². The van der Waals surface area contributed by atoms with Crippen molar-refractivity contribution in [3.05, 3.63) is 78.1 Å². The molecule has 8 heteroatoms. The number of amides is 1. The molecule has 0 spiro atoms. The molecule has 4 rings (SSSR count). The van der Waals surface area contributed by atoms with Gasteiger partial charge in [-0.05, 0) is 48.0 Å². The third-order valence-electron chi connectivity index (χ3n) is 4.98. The maximum atomic E-state index is 12.2. The van der Waals surface area contributed by atoms with Crippen molar-refractivity contribution in [3.8, 4) is 23.3 Å². The quantitative estimate of drug-likeness (QED) is 0.375. The Kier molecular flexibility index (Phi) is 6.75. The van der Waals surface area contributed by atoms with Crippen LogP contribution in [0.2, 0.25) is 0 Å². The zero-order chi connectivity index (χ0) is 23.9. The number of allylic oxidation sites excluding steroid dienone is 1. The lowest BCUT2D eigenvalue weighted by molar-refractivity contribution is -0.118. The van der Waals surface area contributed by atoms with Crippen LogP contribution in [-0.2, 0) is 4.79 Å². The van der Waals surface area contributed by atoms with Crippen LogP contribution in [0.5, 0.6) is 17.2 Å². The summed E-state index contributed by atoms with van der Waals surface area (Å²) in [5.41, 5.74) is 3.26. The zero-order valence-corrected chi connectivity index (χ0v) is 18.7. The van der Waals surface area contributed by atoms with Crippen molar-refractivity contribution < 1.29 is 19.0 Å². The highest BCUT2D eigenvalue weighted by atomic mass is 16.5. The maximum Gasteiger partial charge on any atom is 0.262 e. The molecule has 0 unspecified atom stereocenters. The number of ether oxygens (including phenoxy) is 3. The maximum absolute atomic E-state index is 12.2. The monoisotopic (exact) mass is 454 g/mol. The molecular weight excluding hydrogens is 432 g/mol. The molecule has 0 aliphatic heterocycles. The van der Waals surface area contributed by atoms with E-state index in [4.69, 9.17) is 14.2 Å². The summed E-state index contributed by atoms with van der Waals surface area (Å²) in [6.45, 7) is -0.174. The number of fused-ring (bicyclic) bond motifs is 1. The van der Waals surface area contributed by atoms with E-state index in [-0.39, 0.29) is 12.5 Å². The van der Waals surface area contributed by atoms with E-state index in [1.54, 1.807) is 43.5 Å². The van der Waals surface area contributed by atoms with Gasteiger partial charge in [-0.1, -0.05) is 24.3 Å². The molecule has 0 saturated heterocycles. The molecule has 0 bridgehead atoms. The highest BCUT2D eigenvalue weighted by Crippen LogP contribution is 2.30. The van der Waals surface area contributed by atoms with Gasteiger partial charge in [0.2, 0.25) is 0 Å². The smallest absolute Gasteiger partial charge is 0.262 e. The number of carbonyl (C=O) groups is 1. The number of methoxy groups -OCH3 is 2. The molecule has 34 heavy (non-hydrogen) atoms. The standard InChI is InChI=1S/C26H22N4O4/c1-32-20-9-10-21-22(14-20)30-26(29-21)18(15-27)12-17-8-11-23(24(13-17)33-2)34-16-25(31)28-19-6-4-3-5-7-19/h3-14H,16H2,1-2H3,(H,28,31)(H,29,30)/b18-12-. The van der Waals surface area contributed by atoms with E-state index in [0.29, 0.717) is 39.9 Å². The molecular formula is C26H22N4O4. The lowest BCUT2D eigenvalue weighted by atomic mass is 10.1. The fourth-order valence-electron chi connectivity index (χ4n) is 3.32. The molecule has 0 saturated carbocycles. The summed E-state index contributed by atoms with van der Waals surface area (Å²) in [5, 5.41) is 12.5. The number of aromatic nitrogens is 2. The second-order valence-corrected chi connectivity index (χ2v) is 7.25. The molecule has 170 valence electrons. The number of nitrogens with zero attached hydrogens (tertiary/aromatic N) is 2. The summed E-state index contributed by atoms with van der Waals surface area (Å²) in [4.78, 5) is 19.8. The second-order valence-electron chi connectivity index (χ2n) is 7.25. The van der Waals surface area contributed by atoms with Crippen LogP contribution in [0, 0.1) is 11.3 Å². The molecule has 4 aromatic rings. The SMILES string of the molecule is COc1ccc2nc(/C(C#N)=C\c3ccc(OCC(=O)Nc4ccccc4)c(OC)c3)[nH]c2c1. The zero-order valence-electron chi connectivity index (χ0n) is 18.7. The largest absolute Gasteiger partial charge is 0.497 e. The Morgan fingerprint density at radius 1 is 1.06 bits per heavy atom. The molecule has 0 fully saturated rings. The van der Waals surface area contributed by atoms with Crippen LogP contribution in [0.25, 0.3) is 22.7 Å². The van der Waals surface area contributed by atoms with E-state index < -0.39 is 0 Å². The molecule has 1 heterocycles. The van der Waals surface area contributed by atoms with Gasteiger partial charge in [-0.3, -0.25) is 4.79 Å². The van der Waals surface area contributed by atoms with Crippen LogP contribution in [-0.4, -0.2) is 36.7 Å². The summed E-state index contributed by atoms with van der Waals surface area (Å²) in [5.74, 6) is 1.71. The van der Waals surface area contributed by atoms with Crippen LogP contribution in [0.15, 0.2) is 66.7 Å². The predicted molar refractivity (Wildman–Crippen MR) is 130 cm³/mol. The van der Waals surface area contributed by atoms with E-state index in [9.17, 15) is 10.1 Å². The van der Waals surface area contributed by atoms with Crippen molar-refractivity contribution >= 4 is 34.3 Å². The van der Waals surface area contributed by atoms with Gasteiger partial charge >= 0.3 is 0 Å². The van der Waals surface area contributed by atoms with Gasteiger partial charge in [-0.25, -0.2) is 4.98 Å². The first-order valence-electron chi connectivity index (χ1n) is 10.4. The minimum Gasteiger partial charge on any atom is -0.497 e. The van der Waals surface area contributed by atoms with Gasteiger partial charge in [0.05, 0.1) is 30.8 Å². The Hall–Kier alpha value is -4.77. The van der Waals surface area contributed by atoms with Crippen molar-refractivity contribution in [2.45, 2.75) is 0 Å². The van der Waals surface area contributed by atoms with Crippen molar-refractivity contribution in [2.24, 2.45) is 0 Å². The molecule has 0 radical (unpaired) electrons. The molecule has 0 aliphatic rings. The van der Waals surface area contributed by atoms with Gasteiger partial charge in [0.15, 0.2) is 18.1 Å². The van der Waals surface area contributed by atoms with Crippen LogP contribution in [0.3, 0.4) is 0 Å². The lowest BCUT2D eigenvalue weighted by Gasteiger charge is -2.11. The number of aromatic amines is 1. The number of H-pyrrole nitrogens is 1. The summed E-state index contributed by atoms with van der Waals surface area (Å²) in [6, 6.07) is 22.0. The van der Waals surface area contributed by atoms with E-state index in [0.717, 1.165) is 11.0 Å². The number of nitrogens with one attached hydrogen (secondary N) is 2. The Morgan fingerprint density at radius 2 is 1.88 bits per heavy atom. The van der Waals surface area contributed by atoms with Crippen molar-refractivity contribution in [2.75, 3.05) is 26.1 Å². The predicted octanol–water partition coefficient (Wildman–Crippen LogP) is 4.66. The fraction of sp³-hybridized carbons (Fsp3) is 0.115. The fourth-order valence-corrected chi connectivity index (χ4v) is 3.32. The minimum absolute atomic E-state index is 0.174. The summed E-state index contributed by atoms with van der Waals surface area (Å²) in [6.07, 6.45) is 1.70. The number of hydrogen-bond donors (Lipinski definition) is 2. The number of carbonyl (C=O) groups excluding carboxylic acids is 1. The third kappa shape index (κ3) is 5.16. The van der Waals surface area contributed by atoms with E-state index in [1.807, 2.05) is 36.4 Å². The summed E-state index contributed by atoms with van der Waals surface area (Å²) in [7, 11) is 3.10. The Balaban J connectivity index is 1.50. The van der Waals surface area contributed by atoms with Crippen LogP contribution in [0.4, 0.5) is 5.69 Å². The average molecular weight is 454 g/mol. The van der Waals surface area contributed by atoms with Gasteiger partial charge < -0.3 is 24.5 Å². The highest BCUT2D eigenvalue weighted by Gasteiger charge is 2.12. The van der Waals surface area contributed by atoms with Crippen molar-refractivity contribution in [1.29, 1.82) is 5.26 Å². The first kappa shape index (κ1) is 22.4. The van der Waals surface area contributed by atoms with Gasteiger partial charge in [0.25, 0.3) is 5.91 Å². The second kappa shape index (κ2) is 10.2. The number of nitriles is 1. The molecule has 0 aliphatic carbocycles. The number of para-hydroxylation sites is 1. The summed E-state index contributed by atoms with van der Waals surface area (Å²) < 4.78 is 16.3. The molecule has 8 nitrogen and oxygen atoms in total. The molecule has 1 amide bonds. The van der Waals surface area contributed by atoms with E-state index in [2.05, 4.69) is 21.4 Å². The number of anilines is 1. The van der Waals surface area contributed by atoms with Crippen LogP contribution >= 0.6 is 0 Å². The summed E-state index contributed by atoms with van der Waals surface area (Å²) >= 11 is 0. The Labute approximate surface area is 196 Å². The number of hydrogen-bond acceptors (Lipinski definition) is 6. The average Bonchev–Trinajstić information content (AvgIpc) is 3.30. The molecule has 0 atom stereocenters. The highest BCUT2D eigenvalue weighted by molar-refractivity contribution is 5.92.